The first-order valence-electron chi connectivity index (χ1n) is 4.09. The Labute approximate surface area is 80.6 Å². The molecule has 0 aromatic rings. The molecule has 0 aliphatic heterocycles. The molecule has 0 aliphatic carbocycles. The Morgan fingerprint density at radius 3 is 2.08 bits per heavy atom. The van der Waals surface area contributed by atoms with Crippen LogP contribution in [0.5, 0.6) is 0 Å². The fourth-order valence-corrected chi connectivity index (χ4v) is 1.16. The van der Waals surface area contributed by atoms with Gasteiger partial charge in [-0.2, -0.15) is 8.42 Å². The third-order valence-electron chi connectivity index (χ3n) is 0.915. The maximum Gasteiger partial charge on any atom is 0.293 e. The second kappa shape index (κ2) is 9.70. The van der Waals surface area contributed by atoms with Gasteiger partial charge in [0.05, 0.1) is 12.9 Å². The highest BCUT2D eigenvalue weighted by molar-refractivity contribution is 7.86. The van der Waals surface area contributed by atoms with Crippen molar-refractivity contribution in [2.24, 2.45) is 0 Å². The summed E-state index contributed by atoms with van der Waals surface area (Å²) in [5.74, 6) is 0.000833. The quantitative estimate of drug-likeness (QED) is 0.395. The maximum absolute atomic E-state index is 10.5. The standard InChI is InChI=1S/C4H10O4S.C4H8/c1-3-4-9(5,6)8-7-2;1-3-4-2/h3-4H2,1-2H3;3H,1,4H2,2H3. The van der Waals surface area contributed by atoms with Gasteiger partial charge in [0, 0.05) is 0 Å². The molecule has 0 rings (SSSR count). The normalized spacial score (nSPS) is 10.1. The highest BCUT2D eigenvalue weighted by Crippen LogP contribution is 1.94. The molecule has 80 valence electrons. The van der Waals surface area contributed by atoms with Crippen molar-refractivity contribution in [3.63, 3.8) is 0 Å². The zero-order valence-corrected chi connectivity index (χ0v) is 9.26. The molecule has 0 fully saturated rings. The number of allylic oxidation sites excluding steroid dienone is 1. The molecule has 4 nitrogen and oxygen atoms in total. The first-order valence-corrected chi connectivity index (χ1v) is 5.67. The van der Waals surface area contributed by atoms with Crippen LogP contribution in [0.2, 0.25) is 0 Å². The van der Waals surface area contributed by atoms with E-state index in [-0.39, 0.29) is 5.75 Å². The SMILES string of the molecule is C=CCC.CCCS(=O)(=O)OOC. The summed E-state index contributed by atoms with van der Waals surface area (Å²) in [4.78, 5) is 3.97. The molecule has 0 radical (unpaired) electrons. The molecular weight excluding hydrogens is 192 g/mol. The lowest BCUT2D eigenvalue weighted by molar-refractivity contribution is -0.172. The zero-order valence-electron chi connectivity index (χ0n) is 8.45. The van der Waals surface area contributed by atoms with Crippen LogP contribution in [0.25, 0.3) is 0 Å². The van der Waals surface area contributed by atoms with Crippen LogP contribution in [0.1, 0.15) is 26.7 Å². The Morgan fingerprint density at radius 1 is 1.38 bits per heavy atom. The van der Waals surface area contributed by atoms with Crippen LogP contribution in [-0.2, 0) is 19.3 Å². The van der Waals surface area contributed by atoms with Crippen molar-refractivity contribution in [2.45, 2.75) is 26.7 Å². The number of hydrogen-bond donors (Lipinski definition) is 0. The third kappa shape index (κ3) is 14.5. The van der Waals surface area contributed by atoms with Gasteiger partial charge in [0.2, 0.25) is 0 Å². The molecule has 0 saturated heterocycles. The molecule has 0 unspecified atom stereocenters. The van der Waals surface area contributed by atoms with E-state index in [2.05, 4.69) is 22.7 Å². The van der Waals surface area contributed by atoms with Crippen molar-refractivity contribution in [3.05, 3.63) is 12.7 Å². The molecule has 5 heteroatoms. The molecule has 13 heavy (non-hydrogen) atoms. The van der Waals surface area contributed by atoms with Crippen LogP contribution in [0.4, 0.5) is 0 Å². The van der Waals surface area contributed by atoms with Crippen LogP contribution in [0.15, 0.2) is 12.7 Å². The van der Waals surface area contributed by atoms with Crippen LogP contribution < -0.4 is 0 Å². The molecule has 0 aromatic heterocycles. The summed E-state index contributed by atoms with van der Waals surface area (Å²) in [5.41, 5.74) is 0. The van der Waals surface area contributed by atoms with Crippen molar-refractivity contribution >= 4 is 10.1 Å². The van der Waals surface area contributed by atoms with Crippen LogP contribution >= 0.6 is 0 Å². The molecule has 0 spiro atoms. The molecule has 0 atom stereocenters. The fourth-order valence-electron chi connectivity index (χ4n) is 0.388. The summed E-state index contributed by atoms with van der Waals surface area (Å²) >= 11 is 0. The average molecular weight is 210 g/mol. The molecule has 0 N–H and O–H groups in total. The Morgan fingerprint density at radius 2 is 1.85 bits per heavy atom. The first-order chi connectivity index (χ1) is 6.04. The van der Waals surface area contributed by atoms with Gasteiger partial charge in [0.15, 0.2) is 0 Å². The second-order valence-corrected chi connectivity index (χ2v) is 3.85. The largest absolute Gasteiger partial charge is 0.293 e. The van der Waals surface area contributed by atoms with Crippen molar-refractivity contribution in [2.75, 3.05) is 12.9 Å². The second-order valence-electron chi connectivity index (χ2n) is 2.19. The minimum Gasteiger partial charge on any atom is -0.223 e. The van der Waals surface area contributed by atoms with Gasteiger partial charge in [-0.05, 0) is 12.8 Å². The summed E-state index contributed by atoms with van der Waals surface area (Å²) < 4.78 is 24.9. The highest BCUT2D eigenvalue weighted by atomic mass is 32.2. The van der Waals surface area contributed by atoms with E-state index >= 15 is 0 Å². The van der Waals surface area contributed by atoms with E-state index in [1.54, 1.807) is 6.92 Å². The van der Waals surface area contributed by atoms with Crippen LogP contribution in [-0.4, -0.2) is 21.3 Å². The maximum atomic E-state index is 10.5. The zero-order chi connectivity index (χ0) is 10.7. The highest BCUT2D eigenvalue weighted by Gasteiger charge is 2.08. The van der Waals surface area contributed by atoms with Gasteiger partial charge < -0.3 is 0 Å². The smallest absolute Gasteiger partial charge is 0.223 e. The third-order valence-corrected chi connectivity index (χ3v) is 2.17. The Kier molecular flexibility index (Phi) is 11.3. The summed E-state index contributed by atoms with van der Waals surface area (Å²) in [6.07, 6.45) is 3.49. The Bertz CT molecular complexity index is 184. The monoisotopic (exact) mass is 210 g/mol. The van der Waals surface area contributed by atoms with Gasteiger partial charge in [-0.1, -0.05) is 19.9 Å². The molecule has 0 saturated carbocycles. The van der Waals surface area contributed by atoms with Gasteiger partial charge in [-0.15, -0.1) is 10.9 Å². The first kappa shape index (κ1) is 15.1. The van der Waals surface area contributed by atoms with Gasteiger partial charge in [-0.3, -0.25) is 0 Å². The van der Waals surface area contributed by atoms with E-state index in [0.29, 0.717) is 6.42 Å². The van der Waals surface area contributed by atoms with Crippen molar-refractivity contribution in [1.82, 2.24) is 0 Å². The Balaban J connectivity index is 0. The van der Waals surface area contributed by atoms with E-state index in [1.807, 2.05) is 6.08 Å². The lowest BCUT2D eigenvalue weighted by atomic mass is 10.5. The molecular formula is C8H18O4S. The van der Waals surface area contributed by atoms with E-state index in [4.69, 9.17) is 0 Å². The summed E-state index contributed by atoms with van der Waals surface area (Å²) in [7, 11) is -2.24. The van der Waals surface area contributed by atoms with Crippen LogP contribution in [0, 0.1) is 0 Å². The fraction of sp³-hybridized carbons (Fsp3) is 0.750. The van der Waals surface area contributed by atoms with Crippen molar-refractivity contribution in [3.8, 4) is 0 Å². The minimum absolute atomic E-state index is 0.000833. The van der Waals surface area contributed by atoms with E-state index < -0.39 is 10.1 Å². The lowest BCUT2D eigenvalue weighted by Gasteiger charge is -1.97. The van der Waals surface area contributed by atoms with Gasteiger partial charge in [-0.25, -0.2) is 4.89 Å². The van der Waals surface area contributed by atoms with E-state index in [0.717, 1.165) is 13.5 Å². The van der Waals surface area contributed by atoms with Crippen molar-refractivity contribution < 1.29 is 17.6 Å². The van der Waals surface area contributed by atoms with Crippen LogP contribution in [0.3, 0.4) is 0 Å². The minimum atomic E-state index is -3.40. The molecule has 0 aliphatic rings. The Hall–Kier alpha value is -0.390. The lowest BCUT2D eigenvalue weighted by Crippen LogP contribution is -2.08. The number of hydrogen-bond acceptors (Lipinski definition) is 4. The summed E-state index contributed by atoms with van der Waals surface area (Å²) in [6, 6.07) is 0. The van der Waals surface area contributed by atoms with E-state index in [9.17, 15) is 8.42 Å². The summed E-state index contributed by atoms with van der Waals surface area (Å²) in [6.45, 7) is 7.29. The van der Waals surface area contributed by atoms with Crippen molar-refractivity contribution in [1.29, 1.82) is 0 Å². The molecule has 0 bridgehead atoms. The predicted molar refractivity (Wildman–Crippen MR) is 52.7 cm³/mol. The predicted octanol–water partition coefficient (Wildman–Crippen LogP) is 1.89. The van der Waals surface area contributed by atoms with Gasteiger partial charge in [0.1, 0.15) is 0 Å². The molecule has 0 amide bonds. The molecule has 0 heterocycles. The topological polar surface area (TPSA) is 52.6 Å². The van der Waals surface area contributed by atoms with Gasteiger partial charge in [0.25, 0.3) is 10.1 Å². The average Bonchev–Trinajstić information content (AvgIpc) is 2.04. The van der Waals surface area contributed by atoms with Gasteiger partial charge >= 0.3 is 0 Å². The van der Waals surface area contributed by atoms with E-state index in [1.165, 1.54) is 0 Å². The summed E-state index contributed by atoms with van der Waals surface area (Å²) in [5, 5.41) is 0. The number of rotatable bonds is 5. The molecule has 0 aromatic carbocycles.